The minimum atomic E-state index is -0.716. The van der Waals surface area contributed by atoms with Crippen LogP contribution >= 0.6 is 0 Å². The number of carbonyl (C=O) groups is 1. The van der Waals surface area contributed by atoms with Gasteiger partial charge in [-0.1, -0.05) is 0 Å². The van der Waals surface area contributed by atoms with Crippen LogP contribution in [0.25, 0.3) is 0 Å². The van der Waals surface area contributed by atoms with E-state index in [4.69, 9.17) is 5.26 Å². The molecule has 2 heterocycles. The lowest BCUT2D eigenvalue weighted by atomic mass is 10.3. The third-order valence-corrected chi connectivity index (χ3v) is 2.95. The molecule has 0 bridgehead atoms. The van der Waals surface area contributed by atoms with Crippen LogP contribution < -0.4 is 16.6 Å². The maximum atomic E-state index is 11.8. The fraction of sp³-hybridized carbons (Fsp3) is 0.231. The number of aromatic amines is 1. The van der Waals surface area contributed by atoms with Crippen LogP contribution in [0, 0.1) is 11.3 Å². The number of rotatable bonds is 4. The molecule has 8 nitrogen and oxygen atoms in total. The highest BCUT2D eigenvalue weighted by Crippen LogP contribution is 1.98. The first-order valence-electron chi connectivity index (χ1n) is 6.16. The summed E-state index contributed by atoms with van der Waals surface area (Å²) in [6.07, 6.45) is 2.93. The van der Waals surface area contributed by atoms with Crippen molar-refractivity contribution >= 4 is 5.91 Å². The Kier molecular flexibility index (Phi) is 4.04. The lowest BCUT2D eigenvalue weighted by molar-refractivity contribution is 0.0944. The van der Waals surface area contributed by atoms with E-state index in [0.717, 1.165) is 0 Å². The number of aromatic nitrogens is 3. The van der Waals surface area contributed by atoms with Gasteiger partial charge in [0.1, 0.15) is 17.3 Å². The van der Waals surface area contributed by atoms with Crippen molar-refractivity contribution in [1.82, 2.24) is 19.4 Å². The number of aryl methyl sites for hydroxylation is 1. The molecule has 8 heteroatoms. The van der Waals surface area contributed by atoms with Gasteiger partial charge in [0, 0.05) is 32.5 Å². The Morgan fingerprint density at radius 1 is 1.48 bits per heavy atom. The molecular weight excluding hydrogens is 274 g/mol. The molecule has 0 atom stereocenters. The van der Waals surface area contributed by atoms with Crippen LogP contribution in [-0.2, 0) is 13.6 Å². The SMILES string of the molecule is Cn1cccc1C(=O)NCCn1cc(C#N)c(=O)[nH]c1=O. The van der Waals surface area contributed by atoms with E-state index in [1.165, 1.54) is 10.8 Å². The van der Waals surface area contributed by atoms with Crippen molar-refractivity contribution in [1.29, 1.82) is 5.26 Å². The maximum Gasteiger partial charge on any atom is 0.328 e. The maximum absolute atomic E-state index is 11.8. The van der Waals surface area contributed by atoms with Gasteiger partial charge in [0.25, 0.3) is 11.5 Å². The lowest BCUT2D eigenvalue weighted by Gasteiger charge is -2.08. The van der Waals surface area contributed by atoms with Gasteiger partial charge >= 0.3 is 5.69 Å². The van der Waals surface area contributed by atoms with Gasteiger partial charge in [-0.15, -0.1) is 0 Å². The van der Waals surface area contributed by atoms with Gasteiger partial charge in [-0.25, -0.2) is 4.79 Å². The topological polar surface area (TPSA) is 113 Å². The predicted octanol–water partition coefficient (Wildman–Crippen LogP) is -0.823. The number of nitrogens with zero attached hydrogens (tertiary/aromatic N) is 3. The Balaban J connectivity index is 2.03. The van der Waals surface area contributed by atoms with Crippen LogP contribution in [0.4, 0.5) is 0 Å². The second-order valence-electron chi connectivity index (χ2n) is 4.37. The van der Waals surface area contributed by atoms with E-state index in [2.05, 4.69) is 5.32 Å². The molecule has 0 aromatic carbocycles. The average Bonchev–Trinajstić information content (AvgIpc) is 2.87. The van der Waals surface area contributed by atoms with E-state index in [1.54, 1.807) is 36.0 Å². The molecule has 0 aliphatic heterocycles. The standard InChI is InChI=1S/C13H13N5O3/c1-17-5-2-3-10(17)12(20)15-4-6-18-8-9(7-14)11(19)16-13(18)21/h2-3,5,8H,4,6H2,1H3,(H,15,20)(H,16,19,21). The number of amides is 1. The zero-order valence-corrected chi connectivity index (χ0v) is 11.3. The van der Waals surface area contributed by atoms with Gasteiger partial charge in [0.15, 0.2) is 0 Å². The summed E-state index contributed by atoms with van der Waals surface area (Å²) in [5, 5.41) is 11.4. The average molecular weight is 287 g/mol. The van der Waals surface area contributed by atoms with Gasteiger partial charge in [-0.05, 0) is 12.1 Å². The number of carbonyl (C=O) groups excluding carboxylic acids is 1. The van der Waals surface area contributed by atoms with E-state index in [0.29, 0.717) is 5.69 Å². The van der Waals surface area contributed by atoms with Crippen molar-refractivity contribution < 1.29 is 4.79 Å². The van der Waals surface area contributed by atoms with Crippen LogP contribution in [0.5, 0.6) is 0 Å². The van der Waals surface area contributed by atoms with Gasteiger partial charge in [-0.2, -0.15) is 5.26 Å². The summed E-state index contributed by atoms with van der Waals surface area (Å²) < 4.78 is 2.85. The fourth-order valence-corrected chi connectivity index (χ4v) is 1.83. The largest absolute Gasteiger partial charge is 0.349 e. The first-order chi connectivity index (χ1) is 10.0. The van der Waals surface area contributed by atoms with Gasteiger partial charge < -0.3 is 9.88 Å². The molecule has 108 valence electrons. The molecular formula is C13H13N5O3. The Morgan fingerprint density at radius 3 is 2.86 bits per heavy atom. The fourth-order valence-electron chi connectivity index (χ4n) is 1.83. The van der Waals surface area contributed by atoms with Crippen molar-refractivity contribution in [2.75, 3.05) is 6.54 Å². The summed E-state index contributed by atoms with van der Waals surface area (Å²) >= 11 is 0. The molecule has 0 saturated carbocycles. The summed E-state index contributed by atoms with van der Waals surface area (Å²) in [5.74, 6) is -0.263. The molecule has 0 fully saturated rings. The number of hydrogen-bond donors (Lipinski definition) is 2. The summed E-state index contributed by atoms with van der Waals surface area (Å²) in [5.41, 5.74) is -0.983. The lowest BCUT2D eigenvalue weighted by Crippen LogP contribution is -2.35. The highest BCUT2D eigenvalue weighted by atomic mass is 16.2. The minimum absolute atomic E-state index is 0.150. The minimum Gasteiger partial charge on any atom is -0.349 e. The van der Waals surface area contributed by atoms with Crippen molar-refractivity contribution in [2.24, 2.45) is 7.05 Å². The molecule has 21 heavy (non-hydrogen) atoms. The van der Waals surface area contributed by atoms with Crippen LogP contribution in [0.15, 0.2) is 34.1 Å². The van der Waals surface area contributed by atoms with Gasteiger partial charge in [-0.3, -0.25) is 19.1 Å². The number of hydrogen-bond acceptors (Lipinski definition) is 4. The first kappa shape index (κ1) is 14.3. The van der Waals surface area contributed by atoms with Crippen molar-refractivity contribution in [2.45, 2.75) is 6.54 Å². The summed E-state index contributed by atoms with van der Waals surface area (Å²) in [6, 6.07) is 5.12. The molecule has 0 radical (unpaired) electrons. The highest BCUT2D eigenvalue weighted by Gasteiger charge is 2.08. The number of nitrogens with one attached hydrogen (secondary N) is 2. The third-order valence-electron chi connectivity index (χ3n) is 2.95. The number of nitriles is 1. The molecule has 1 amide bonds. The number of H-pyrrole nitrogens is 1. The van der Waals surface area contributed by atoms with Crippen LogP contribution in [-0.4, -0.2) is 26.6 Å². The van der Waals surface area contributed by atoms with E-state index >= 15 is 0 Å². The van der Waals surface area contributed by atoms with Crippen LogP contribution in [0.1, 0.15) is 16.1 Å². The van der Waals surface area contributed by atoms with Crippen molar-refractivity contribution in [3.05, 3.63) is 56.6 Å². The first-order valence-corrected chi connectivity index (χ1v) is 6.16. The molecule has 2 N–H and O–H groups in total. The van der Waals surface area contributed by atoms with E-state index in [9.17, 15) is 14.4 Å². The Labute approximate surface area is 119 Å². The zero-order valence-electron chi connectivity index (χ0n) is 11.3. The Morgan fingerprint density at radius 2 is 2.24 bits per heavy atom. The molecule has 2 aromatic heterocycles. The van der Waals surface area contributed by atoms with Gasteiger partial charge in [0.05, 0.1) is 0 Å². The monoisotopic (exact) mass is 287 g/mol. The van der Waals surface area contributed by atoms with Crippen molar-refractivity contribution in [3.63, 3.8) is 0 Å². The second kappa shape index (κ2) is 5.92. The Hall–Kier alpha value is -3.08. The molecule has 0 aliphatic rings. The van der Waals surface area contributed by atoms with Crippen molar-refractivity contribution in [3.8, 4) is 6.07 Å². The summed E-state index contributed by atoms with van der Waals surface area (Å²) in [7, 11) is 1.75. The summed E-state index contributed by atoms with van der Waals surface area (Å²) in [6.45, 7) is 0.349. The van der Waals surface area contributed by atoms with Gasteiger partial charge in [0.2, 0.25) is 0 Å². The zero-order chi connectivity index (χ0) is 15.4. The molecule has 0 unspecified atom stereocenters. The van der Waals surface area contributed by atoms with E-state index in [1.807, 2.05) is 4.98 Å². The Bertz CT molecular complexity index is 821. The second-order valence-corrected chi connectivity index (χ2v) is 4.37. The predicted molar refractivity (Wildman–Crippen MR) is 73.8 cm³/mol. The highest BCUT2D eigenvalue weighted by molar-refractivity contribution is 5.92. The van der Waals surface area contributed by atoms with Crippen LogP contribution in [0.3, 0.4) is 0 Å². The molecule has 2 rings (SSSR count). The van der Waals surface area contributed by atoms with E-state index < -0.39 is 11.2 Å². The molecule has 0 aliphatic carbocycles. The molecule has 0 spiro atoms. The smallest absolute Gasteiger partial charge is 0.328 e. The molecule has 2 aromatic rings. The summed E-state index contributed by atoms with van der Waals surface area (Å²) in [4.78, 5) is 36.7. The van der Waals surface area contributed by atoms with E-state index in [-0.39, 0.29) is 24.6 Å². The quantitative estimate of drug-likeness (QED) is 0.764. The molecule has 0 saturated heterocycles. The normalized spacial score (nSPS) is 10.1. The van der Waals surface area contributed by atoms with Crippen LogP contribution in [0.2, 0.25) is 0 Å². The third kappa shape index (κ3) is 3.09.